The summed E-state index contributed by atoms with van der Waals surface area (Å²) in [5.41, 5.74) is 8.21. The lowest BCUT2D eigenvalue weighted by Gasteiger charge is -2.16. The monoisotopic (exact) mass is 225 g/mol. The van der Waals surface area contributed by atoms with Gasteiger partial charge in [0.25, 0.3) is 0 Å². The van der Waals surface area contributed by atoms with E-state index in [9.17, 15) is 4.79 Å². The first-order valence-electron chi connectivity index (χ1n) is 5.77. The third-order valence-corrected chi connectivity index (χ3v) is 2.73. The smallest absolute Gasteiger partial charge is 0.222 e. The molecule has 0 aliphatic carbocycles. The fourth-order valence-corrected chi connectivity index (χ4v) is 1.92. The van der Waals surface area contributed by atoms with Crippen molar-refractivity contribution in [2.45, 2.75) is 19.8 Å². The highest BCUT2D eigenvalue weighted by atomic mass is 16.2. The first-order valence-corrected chi connectivity index (χ1v) is 5.77. The van der Waals surface area contributed by atoms with Crippen LogP contribution in [0.1, 0.15) is 19.8 Å². The molecule has 1 aliphatic rings. The molecule has 0 saturated carbocycles. The maximum atomic E-state index is 11.6. The van der Waals surface area contributed by atoms with E-state index in [0.29, 0.717) is 13.0 Å². The van der Waals surface area contributed by atoms with Gasteiger partial charge in [-0.15, -0.1) is 0 Å². The van der Waals surface area contributed by atoms with Gasteiger partial charge in [0.05, 0.1) is 0 Å². The van der Waals surface area contributed by atoms with E-state index in [2.05, 4.69) is 22.3 Å². The molecule has 16 heavy (non-hydrogen) atoms. The quantitative estimate of drug-likeness (QED) is 0.305. The van der Waals surface area contributed by atoms with E-state index in [4.69, 9.17) is 5.53 Å². The Balaban J connectivity index is 2.22. The summed E-state index contributed by atoms with van der Waals surface area (Å²) >= 11 is 0. The number of azide groups is 1. The van der Waals surface area contributed by atoms with E-state index >= 15 is 0 Å². The number of hydrogen-bond donors (Lipinski definition) is 1. The van der Waals surface area contributed by atoms with Crippen LogP contribution in [0.4, 0.5) is 0 Å². The highest BCUT2D eigenvalue weighted by Crippen LogP contribution is 2.18. The normalized spacial score (nSPS) is 19.9. The van der Waals surface area contributed by atoms with Crippen LogP contribution in [0.2, 0.25) is 0 Å². The first-order chi connectivity index (χ1) is 7.77. The minimum atomic E-state index is 0.189. The Bertz CT molecular complexity index is 274. The van der Waals surface area contributed by atoms with Crippen molar-refractivity contribution in [2.24, 2.45) is 11.0 Å². The first kappa shape index (κ1) is 12.8. The molecule has 0 aromatic heterocycles. The summed E-state index contributed by atoms with van der Waals surface area (Å²) < 4.78 is 0. The highest BCUT2D eigenvalue weighted by Gasteiger charge is 2.28. The summed E-state index contributed by atoms with van der Waals surface area (Å²) in [5, 5.41) is 6.75. The zero-order chi connectivity index (χ0) is 11.8. The molecule has 6 nitrogen and oxygen atoms in total. The van der Waals surface area contributed by atoms with Gasteiger partial charge >= 0.3 is 0 Å². The molecule has 0 aromatic carbocycles. The number of nitrogens with zero attached hydrogens (tertiary/aromatic N) is 4. The van der Waals surface area contributed by atoms with Gasteiger partial charge in [-0.2, -0.15) is 0 Å². The molecule has 1 aliphatic heterocycles. The molecule has 1 amide bonds. The van der Waals surface area contributed by atoms with Gasteiger partial charge in [-0.1, -0.05) is 12.0 Å². The molecule has 1 rings (SSSR count). The average molecular weight is 225 g/mol. The highest BCUT2D eigenvalue weighted by molar-refractivity contribution is 5.78. The zero-order valence-electron chi connectivity index (χ0n) is 9.72. The van der Waals surface area contributed by atoms with E-state index in [1.165, 1.54) is 0 Å². The Morgan fingerprint density at radius 1 is 1.69 bits per heavy atom. The molecule has 1 saturated heterocycles. The van der Waals surface area contributed by atoms with Crippen LogP contribution in [0.15, 0.2) is 5.11 Å². The number of hydrogen-bond acceptors (Lipinski definition) is 3. The maximum absolute atomic E-state index is 11.6. The van der Waals surface area contributed by atoms with Gasteiger partial charge in [-0.05, 0) is 31.0 Å². The lowest BCUT2D eigenvalue weighted by Crippen LogP contribution is -2.29. The zero-order valence-corrected chi connectivity index (χ0v) is 9.72. The standard InChI is InChI=1S/C10H19N5O/c1-2-12-4-3-5-15-8-9(6-10(15)16)7-13-14-11/h9,12H,2-8H2,1H3. The van der Waals surface area contributed by atoms with Crippen molar-refractivity contribution in [3.63, 3.8) is 0 Å². The molecule has 0 spiro atoms. The number of carbonyl (C=O) groups excluding carboxylic acids is 1. The number of amides is 1. The fraction of sp³-hybridized carbons (Fsp3) is 0.900. The number of carbonyl (C=O) groups is 1. The lowest BCUT2D eigenvalue weighted by molar-refractivity contribution is -0.127. The SMILES string of the molecule is CCNCCCN1CC(CN=[N+]=[N-])CC1=O. The molecule has 1 unspecified atom stereocenters. The second-order valence-electron chi connectivity index (χ2n) is 4.03. The molecule has 6 heteroatoms. The Labute approximate surface area is 95.6 Å². The van der Waals surface area contributed by atoms with Crippen LogP contribution in [0.3, 0.4) is 0 Å². The summed E-state index contributed by atoms with van der Waals surface area (Å²) in [7, 11) is 0. The molecule has 1 heterocycles. The maximum Gasteiger partial charge on any atom is 0.222 e. The molecule has 1 N–H and O–H groups in total. The Kier molecular flexibility index (Phi) is 5.67. The van der Waals surface area contributed by atoms with E-state index < -0.39 is 0 Å². The second-order valence-corrected chi connectivity index (χ2v) is 4.03. The van der Waals surface area contributed by atoms with Crippen LogP contribution in [-0.4, -0.2) is 43.5 Å². The lowest BCUT2D eigenvalue weighted by atomic mass is 10.1. The third kappa shape index (κ3) is 4.08. The molecule has 1 atom stereocenters. The Morgan fingerprint density at radius 2 is 2.50 bits per heavy atom. The summed E-state index contributed by atoms with van der Waals surface area (Å²) in [6.45, 7) is 5.96. The van der Waals surface area contributed by atoms with Crippen LogP contribution in [-0.2, 0) is 4.79 Å². The van der Waals surface area contributed by atoms with Crippen molar-refractivity contribution in [3.8, 4) is 0 Å². The molecule has 0 radical (unpaired) electrons. The van der Waals surface area contributed by atoms with Crippen molar-refractivity contribution in [1.82, 2.24) is 10.2 Å². The van der Waals surface area contributed by atoms with Crippen molar-refractivity contribution >= 4 is 5.91 Å². The minimum Gasteiger partial charge on any atom is -0.342 e. The summed E-state index contributed by atoms with van der Waals surface area (Å²) in [5.74, 6) is 0.400. The largest absolute Gasteiger partial charge is 0.342 e. The minimum absolute atomic E-state index is 0.189. The van der Waals surface area contributed by atoms with Gasteiger partial charge in [0.1, 0.15) is 0 Å². The van der Waals surface area contributed by atoms with Crippen LogP contribution in [0.25, 0.3) is 10.4 Å². The fourth-order valence-electron chi connectivity index (χ4n) is 1.92. The molecular weight excluding hydrogens is 206 g/mol. The molecule has 90 valence electrons. The number of nitrogens with one attached hydrogen (secondary N) is 1. The topological polar surface area (TPSA) is 81.1 Å². The number of likely N-dealkylation sites (tertiary alicyclic amines) is 1. The van der Waals surface area contributed by atoms with Crippen molar-refractivity contribution in [2.75, 3.05) is 32.7 Å². The van der Waals surface area contributed by atoms with Crippen molar-refractivity contribution in [1.29, 1.82) is 0 Å². The second kappa shape index (κ2) is 7.09. The molecule has 0 bridgehead atoms. The van der Waals surface area contributed by atoms with E-state index in [0.717, 1.165) is 32.6 Å². The predicted octanol–water partition coefficient (Wildman–Crippen LogP) is 1.14. The summed E-state index contributed by atoms with van der Waals surface area (Å²) in [4.78, 5) is 16.2. The Hall–Kier alpha value is -1.26. The van der Waals surface area contributed by atoms with Crippen LogP contribution < -0.4 is 5.32 Å². The van der Waals surface area contributed by atoms with Gasteiger partial charge in [0, 0.05) is 31.0 Å². The van der Waals surface area contributed by atoms with Crippen LogP contribution >= 0.6 is 0 Å². The Morgan fingerprint density at radius 3 is 3.19 bits per heavy atom. The van der Waals surface area contributed by atoms with Gasteiger partial charge in [-0.3, -0.25) is 4.79 Å². The summed E-state index contributed by atoms with van der Waals surface area (Å²) in [6.07, 6.45) is 1.51. The van der Waals surface area contributed by atoms with Crippen molar-refractivity contribution in [3.05, 3.63) is 10.4 Å². The predicted molar refractivity (Wildman–Crippen MR) is 61.9 cm³/mol. The van der Waals surface area contributed by atoms with Crippen LogP contribution in [0.5, 0.6) is 0 Å². The summed E-state index contributed by atoms with van der Waals surface area (Å²) in [6, 6.07) is 0. The molecular formula is C10H19N5O. The number of rotatable bonds is 7. The van der Waals surface area contributed by atoms with Crippen molar-refractivity contribution < 1.29 is 4.79 Å². The van der Waals surface area contributed by atoms with E-state index in [-0.39, 0.29) is 11.8 Å². The molecule has 0 aromatic rings. The van der Waals surface area contributed by atoms with E-state index in [1.54, 1.807) is 0 Å². The van der Waals surface area contributed by atoms with Crippen LogP contribution in [0, 0.1) is 5.92 Å². The van der Waals surface area contributed by atoms with Gasteiger partial charge in [-0.25, -0.2) is 0 Å². The third-order valence-electron chi connectivity index (χ3n) is 2.73. The molecule has 1 fully saturated rings. The van der Waals surface area contributed by atoms with Gasteiger partial charge < -0.3 is 10.2 Å². The van der Waals surface area contributed by atoms with Gasteiger partial charge in [0.15, 0.2) is 0 Å². The van der Waals surface area contributed by atoms with E-state index in [1.807, 2.05) is 4.90 Å². The average Bonchev–Trinajstić information content (AvgIpc) is 2.63. The van der Waals surface area contributed by atoms with Gasteiger partial charge in [0.2, 0.25) is 5.91 Å².